The van der Waals surface area contributed by atoms with E-state index in [1.165, 1.54) is 0 Å². The van der Waals surface area contributed by atoms with Crippen LogP contribution in [0.1, 0.15) is 0 Å². The fourth-order valence-electron chi connectivity index (χ4n) is 1.16. The van der Waals surface area contributed by atoms with Crippen LogP contribution in [0.3, 0.4) is 0 Å². The molecular weight excluding hydrogens is 602 g/mol. The van der Waals surface area contributed by atoms with E-state index in [9.17, 15) is 0 Å². The molecule has 0 atom stereocenters. The third kappa shape index (κ3) is 6.12. The summed E-state index contributed by atoms with van der Waals surface area (Å²) in [7, 11) is 0. The Hall–Kier alpha value is 2.27. The van der Waals surface area contributed by atoms with E-state index >= 15 is 0 Å². The lowest BCUT2D eigenvalue weighted by molar-refractivity contribution is 1.69. The highest BCUT2D eigenvalue weighted by Crippen LogP contribution is 2.47. The number of hydrogen-bond acceptors (Lipinski definition) is 0. The zero-order valence-electron chi connectivity index (χ0n) is 11.0. The van der Waals surface area contributed by atoms with Gasteiger partial charge in [0.05, 0.1) is 60.3 Å². The van der Waals surface area contributed by atoms with Crippen LogP contribution in [-0.2, 0) is 0 Å². The summed E-state index contributed by atoms with van der Waals surface area (Å²) in [4.78, 5) is 0. The first-order chi connectivity index (χ1) is 10.9. The van der Waals surface area contributed by atoms with Crippen LogP contribution in [0.2, 0.25) is 60.3 Å². The summed E-state index contributed by atoms with van der Waals surface area (Å²) >= 11 is 68.0. The first-order valence-electron chi connectivity index (χ1n) is 5.27. The average molecular weight is 604 g/mol. The van der Waals surface area contributed by atoms with Gasteiger partial charge in [-0.15, -0.1) is 0 Å². The normalized spacial score (nSPS) is 10.1. The summed E-state index contributed by atoms with van der Waals surface area (Å²) in [5, 5.41) is 1.31. The molecule has 0 radical (unpaired) electrons. The second-order valence-electron chi connectivity index (χ2n) is 3.77. The van der Waals surface area contributed by atoms with E-state index in [1.54, 1.807) is 0 Å². The van der Waals surface area contributed by atoms with Crippen LogP contribution in [0.25, 0.3) is 0 Å². The van der Waals surface area contributed by atoms with Gasteiger partial charge in [0.1, 0.15) is 0 Å². The first kappa shape index (κ1) is 27.3. The van der Waals surface area contributed by atoms with Crippen LogP contribution in [0, 0.1) is 0 Å². The summed E-state index contributed by atoms with van der Waals surface area (Å²) in [5.41, 5.74) is 0. The molecule has 0 fully saturated rings. The summed E-state index contributed by atoms with van der Waals surface area (Å²) in [6.07, 6.45) is 0. The summed E-state index contributed by atoms with van der Waals surface area (Å²) < 4.78 is 0. The van der Waals surface area contributed by atoms with Crippen molar-refractivity contribution in [3.8, 4) is 0 Å². The molecule has 0 saturated heterocycles. The SMILES string of the molecule is Clc1c(Cl)c(Cl)c(Cl)c(Cl)c1Cl.Clc1c(Cl)c(Cl)c(Cl)c(Cl)c1Cl.S. The Morgan fingerprint density at radius 3 is 0.280 bits per heavy atom. The Kier molecular flexibility index (Phi) is 12.5. The van der Waals surface area contributed by atoms with Gasteiger partial charge in [-0.05, 0) is 0 Å². The number of halogens is 12. The van der Waals surface area contributed by atoms with Crippen molar-refractivity contribution >= 4 is 153 Å². The van der Waals surface area contributed by atoms with E-state index in [0.29, 0.717) is 0 Å². The van der Waals surface area contributed by atoms with Gasteiger partial charge in [0.15, 0.2) is 0 Å². The first-order valence-corrected chi connectivity index (χ1v) is 9.80. The van der Waals surface area contributed by atoms with Crippen LogP contribution in [-0.4, -0.2) is 0 Å². The highest BCUT2D eigenvalue weighted by molar-refractivity contribution is 7.59. The lowest BCUT2D eigenvalue weighted by Gasteiger charge is -2.06. The molecule has 2 rings (SSSR count). The maximum atomic E-state index is 5.67. The highest BCUT2D eigenvalue weighted by atomic mass is 35.5. The van der Waals surface area contributed by atoms with Crippen molar-refractivity contribution in [1.29, 1.82) is 0 Å². The Morgan fingerprint density at radius 2 is 0.240 bits per heavy atom. The second kappa shape index (κ2) is 11.5. The van der Waals surface area contributed by atoms with Gasteiger partial charge < -0.3 is 0 Å². The summed E-state index contributed by atoms with van der Waals surface area (Å²) in [5.74, 6) is 0. The molecule has 0 heterocycles. The zero-order valence-corrected chi connectivity index (χ0v) is 21.1. The van der Waals surface area contributed by atoms with Crippen molar-refractivity contribution < 1.29 is 0 Å². The Morgan fingerprint density at radius 1 is 0.200 bits per heavy atom. The van der Waals surface area contributed by atoms with Crippen LogP contribution >= 0.6 is 153 Å². The smallest absolute Gasteiger partial charge is 0.0810 e. The van der Waals surface area contributed by atoms with E-state index < -0.39 is 0 Å². The van der Waals surface area contributed by atoms with Crippen LogP contribution in [0.15, 0.2) is 0 Å². The molecule has 2 aromatic carbocycles. The Balaban J connectivity index is 0.000000443. The monoisotopic (exact) mass is 598 g/mol. The molecule has 0 aromatic heterocycles. The van der Waals surface area contributed by atoms with Crippen molar-refractivity contribution in [3.63, 3.8) is 0 Å². The van der Waals surface area contributed by atoms with Gasteiger partial charge in [0.2, 0.25) is 0 Å². The van der Waals surface area contributed by atoms with Gasteiger partial charge in [0.25, 0.3) is 0 Å². The predicted octanol–water partition coefficient (Wildman–Crippen LogP) is 11.3. The predicted molar refractivity (Wildman–Crippen MR) is 123 cm³/mol. The minimum absolute atomic E-state index is 0. The van der Waals surface area contributed by atoms with Crippen molar-refractivity contribution in [1.82, 2.24) is 0 Å². The molecular formula is C12H2Cl12S. The van der Waals surface area contributed by atoms with Crippen molar-refractivity contribution in [3.05, 3.63) is 60.3 Å². The van der Waals surface area contributed by atoms with Gasteiger partial charge in [0, 0.05) is 0 Å². The van der Waals surface area contributed by atoms with Gasteiger partial charge in [-0.25, -0.2) is 0 Å². The maximum absolute atomic E-state index is 5.67. The summed E-state index contributed by atoms with van der Waals surface area (Å²) in [6.45, 7) is 0. The molecule has 13 heteroatoms. The molecule has 0 amide bonds. The Labute approximate surface area is 210 Å². The number of rotatable bonds is 0. The van der Waals surface area contributed by atoms with Crippen LogP contribution in [0.5, 0.6) is 0 Å². The molecule has 0 aliphatic carbocycles. The van der Waals surface area contributed by atoms with Crippen LogP contribution < -0.4 is 0 Å². The van der Waals surface area contributed by atoms with E-state index in [1.807, 2.05) is 0 Å². The van der Waals surface area contributed by atoms with E-state index in [0.717, 1.165) is 0 Å². The van der Waals surface area contributed by atoms with Crippen molar-refractivity contribution in [2.75, 3.05) is 0 Å². The average Bonchev–Trinajstić information content (AvgIpc) is 2.58. The topological polar surface area (TPSA) is 0 Å². The third-order valence-electron chi connectivity index (χ3n) is 2.31. The fourth-order valence-corrected chi connectivity index (χ4v) is 4.00. The quantitative estimate of drug-likeness (QED) is 0.208. The standard InChI is InChI=1S/2C6Cl6.H2S/c2*7-1-2(8)4(10)6(12)5(11)3(1)9;/h;;1H2. The maximum Gasteiger partial charge on any atom is 0.0810 e. The molecule has 140 valence electrons. The van der Waals surface area contributed by atoms with Gasteiger partial charge in [-0.1, -0.05) is 139 Å². The molecule has 0 aliphatic rings. The molecule has 0 saturated carbocycles. The molecule has 0 N–H and O–H groups in total. The second-order valence-corrected chi connectivity index (χ2v) is 8.30. The molecule has 0 bridgehead atoms. The molecule has 2 aromatic rings. The van der Waals surface area contributed by atoms with Crippen molar-refractivity contribution in [2.45, 2.75) is 0 Å². The minimum Gasteiger partial charge on any atom is -0.197 e. The van der Waals surface area contributed by atoms with Crippen molar-refractivity contribution in [2.24, 2.45) is 0 Å². The van der Waals surface area contributed by atoms with E-state index in [4.69, 9.17) is 139 Å². The minimum atomic E-state index is 0. The van der Waals surface area contributed by atoms with Gasteiger partial charge >= 0.3 is 0 Å². The highest BCUT2D eigenvalue weighted by Gasteiger charge is 2.18. The number of benzene rings is 2. The molecule has 0 aliphatic heterocycles. The van der Waals surface area contributed by atoms with Gasteiger partial charge in [-0.3, -0.25) is 0 Å². The molecule has 0 unspecified atom stereocenters. The summed E-state index contributed by atoms with van der Waals surface area (Å²) in [6, 6.07) is 0. The largest absolute Gasteiger partial charge is 0.197 e. The lowest BCUT2D eigenvalue weighted by atomic mass is 10.3. The van der Waals surface area contributed by atoms with E-state index in [-0.39, 0.29) is 73.8 Å². The molecule has 25 heavy (non-hydrogen) atoms. The molecule has 0 nitrogen and oxygen atoms in total. The van der Waals surface area contributed by atoms with Gasteiger partial charge in [-0.2, -0.15) is 13.5 Å². The number of hydrogen-bond donors (Lipinski definition) is 0. The lowest BCUT2D eigenvalue weighted by Crippen LogP contribution is -1.79. The molecule has 0 spiro atoms. The van der Waals surface area contributed by atoms with Crippen LogP contribution in [0.4, 0.5) is 0 Å². The fraction of sp³-hybridized carbons (Fsp3) is 0. The third-order valence-corrected chi connectivity index (χ3v) is 8.01. The zero-order chi connectivity index (χ0) is 18.9. The Bertz CT molecular complexity index is 526. The van der Waals surface area contributed by atoms with E-state index in [2.05, 4.69) is 0 Å².